The molecule has 0 N–H and O–H groups in total. The Morgan fingerprint density at radius 1 is 1.04 bits per heavy atom. The largest absolute Gasteiger partial charge is 0.335 e. The molecule has 1 aliphatic heterocycles. The second-order valence-electron chi connectivity index (χ2n) is 6.72. The van der Waals surface area contributed by atoms with Crippen LogP contribution in [0.15, 0.2) is 60.7 Å². The average molecular weight is 362 g/mol. The van der Waals surface area contributed by atoms with E-state index >= 15 is 0 Å². The first-order valence-electron chi connectivity index (χ1n) is 8.90. The molecular weight excluding hydrogens is 340 g/mol. The number of carbonyl (C=O) groups is 3. The van der Waals surface area contributed by atoms with Crippen LogP contribution in [0, 0.1) is 0 Å². The number of likely N-dealkylation sites (N-methyl/N-ethyl adjacent to an activating group) is 1. The molecule has 138 valence electrons. The molecule has 0 saturated carbocycles. The second kappa shape index (κ2) is 7.58. The van der Waals surface area contributed by atoms with E-state index in [0.717, 1.165) is 11.1 Å². The molecule has 0 atom stereocenters. The second-order valence-corrected chi connectivity index (χ2v) is 6.72. The van der Waals surface area contributed by atoms with Gasteiger partial charge in [-0.25, -0.2) is 0 Å². The maximum Gasteiger partial charge on any atom is 0.261 e. The summed E-state index contributed by atoms with van der Waals surface area (Å²) in [5.74, 6) is -0.867. The number of amides is 3. The topological polar surface area (TPSA) is 57.7 Å². The fourth-order valence-corrected chi connectivity index (χ4v) is 3.17. The summed E-state index contributed by atoms with van der Waals surface area (Å²) in [5, 5.41) is 0. The van der Waals surface area contributed by atoms with Crippen molar-refractivity contribution in [1.82, 2.24) is 9.80 Å². The first-order chi connectivity index (χ1) is 12.9. The molecule has 2 aromatic rings. The Labute approximate surface area is 158 Å². The van der Waals surface area contributed by atoms with Crippen LogP contribution in [0.25, 0.3) is 0 Å². The van der Waals surface area contributed by atoms with Crippen LogP contribution in [0.2, 0.25) is 0 Å². The Hall–Kier alpha value is -3.21. The number of benzene rings is 2. The Bertz CT molecular complexity index is 918. The highest BCUT2D eigenvalue weighted by Gasteiger charge is 2.36. The summed E-state index contributed by atoms with van der Waals surface area (Å²) in [6.07, 6.45) is 0. The number of hydrogen-bond acceptors (Lipinski definition) is 3. The fraction of sp³-hybridized carbons (Fsp3) is 0.227. The molecule has 0 bridgehead atoms. The van der Waals surface area contributed by atoms with Crippen molar-refractivity contribution in [3.63, 3.8) is 0 Å². The van der Waals surface area contributed by atoms with Crippen molar-refractivity contribution in [2.75, 3.05) is 13.1 Å². The molecule has 0 unspecified atom stereocenters. The summed E-state index contributed by atoms with van der Waals surface area (Å²) >= 11 is 0. The molecule has 0 fully saturated rings. The summed E-state index contributed by atoms with van der Waals surface area (Å²) in [5.41, 5.74) is 2.79. The lowest BCUT2D eigenvalue weighted by Crippen LogP contribution is -2.32. The molecule has 5 nitrogen and oxygen atoms in total. The lowest BCUT2D eigenvalue weighted by Gasteiger charge is -2.21. The van der Waals surface area contributed by atoms with Crippen LogP contribution in [0.4, 0.5) is 0 Å². The minimum Gasteiger partial charge on any atom is -0.335 e. The van der Waals surface area contributed by atoms with Gasteiger partial charge in [0.15, 0.2) is 0 Å². The zero-order valence-electron chi connectivity index (χ0n) is 15.6. The van der Waals surface area contributed by atoms with Gasteiger partial charge in [0.1, 0.15) is 0 Å². The Kier molecular flexibility index (Phi) is 5.21. The van der Waals surface area contributed by atoms with Gasteiger partial charge < -0.3 is 4.90 Å². The Balaban J connectivity index is 1.87. The monoisotopic (exact) mass is 362 g/mol. The molecule has 0 radical (unpaired) electrons. The van der Waals surface area contributed by atoms with E-state index in [4.69, 9.17) is 0 Å². The molecule has 3 rings (SSSR count). The highest BCUT2D eigenvalue weighted by atomic mass is 16.2. The molecule has 0 aliphatic carbocycles. The molecule has 2 aromatic carbocycles. The van der Waals surface area contributed by atoms with E-state index in [0.29, 0.717) is 24.2 Å². The van der Waals surface area contributed by atoms with Gasteiger partial charge in [0.05, 0.1) is 17.7 Å². The molecule has 3 amide bonds. The molecule has 0 saturated heterocycles. The lowest BCUT2D eigenvalue weighted by molar-refractivity contribution is 0.0642. The maximum atomic E-state index is 12.8. The van der Waals surface area contributed by atoms with E-state index in [2.05, 4.69) is 6.58 Å². The SMILES string of the molecule is C=C(C)CN(CC)C(=O)c1ccc2c(c1)C(=O)N(Cc1ccccc1)C2=O. The predicted molar refractivity (Wildman–Crippen MR) is 103 cm³/mol. The van der Waals surface area contributed by atoms with Crippen LogP contribution in [0.1, 0.15) is 50.5 Å². The van der Waals surface area contributed by atoms with Gasteiger partial charge in [-0.1, -0.05) is 42.5 Å². The van der Waals surface area contributed by atoms with Gasteiger partial charge in [0.2, 0.25) is 0 Å². The summed E-state index contributed by atoms with van der Waals surface area (Å²) < 4.78 is 0. The molecule has 1 aliphatic rings. The standard InChI is InChI=1S/C22H22N2O3/c1-4-23(13-15(2)3)20(25)17-10-11-18-19(12-17)22(27)24(21(18)26)14-16-8-6-5-7-9-16/h5-12H,2,4,13-14H2,1,3H3. The van der Waals surface area contributed by atoms with Crippen LogP contribution < -0.4 is 0 Å². The number of imide groups is 1. The highest BCUT2D eigenvalue weighted by Crippen LogP contribution is 2.26. The van der Waals surface area contributed by atoms with Gasteiger partial charge in [-0.3, -0.25) is 19.3 Å². The number of fused-ring (bicyclic) bond motifs is 1. The molecule has 0 aromatic heterocycles. The number of carbonyl (C=O) groups excluding carboxylic acids is 3. The van der Waals surface area contributed by atoms with E-state index in [9.17, 15) is 14.4 Å². The van der Waals surface area contributed by atoms with Gasteiger partial charge in [-0.2, -0.15) is 0 Å². The maximum absolute atomic E-state index is 12.8. The number of rotatable bonds is 6. The van der Waals surface area contributed by atoms with Gasteiger partial charge in [0.25, 0.3) is 17.7 Å². The van der Waals surface area contributed by atoms with Crippen LogP contribution in [0.5, 0.6) is 0 Å². The van der Waals surface area contributed by atoms with Crippen molar-refractivity contribution in [3.05, 3.63) is 82.9 Å². The predicted octanol–water partition coefficient (Wildman–Crippen LogP) is 3.52. The molecular formula is C22H22N2O3. The third kappa shape index (κ3) is 3.67. The van der Waals surface area contributed by atoms with E-state index < -0.39 is 0 Å². The van der Waals surface area contributed by atoms with Crippen LogP contribution in [-0.2, 0) is 6.54 Å². The molecule has 5 heteroatoms. The van der Waals surface area contributed by atoms with E-state index in [1.165, 1.54) is 11.0 Å². The Morgan fingerprint density at radius 3 is 2.33 bits per heavy atom. The van der Waals surface area contributed by atoms with Gasteiger partial charge in [-0.15, -0.1) is 0 Å². The van der Waals surface area contributed by atoms with E-state index in [-0.39, 0.29) is 29.8 Å². The van der Waals surface area contributed by atoms with Gasteiger partial charge in [0, 0.05) is 18.7 Å². The third-order valence-corrected chi connectivity index (χ3v) is 4.53. The smallest absolute Gasteiger partial charge is 0.261 e. The van der Waals surface area contributed by atoms with Crippen molar-refractivity contribution in [3.8, 4) is 0 Å². The zero-order valence-corrected chi connectivity index (χ0v) is 15.6. The molecule has 0 spiro atoms. The first kappa shape index (κ1) is 18.6. The third-order valence-electron chi connectivity index (χ3n) is 4.53. The highest BCUT2D eigenvalue weighted by molar-refractivity contribution is 6.22. The summed E-state index contributed by atoms with van der Waals surface area (Å²) in [4.78, 5) is 41.0. The summed E-state index contributed by atoms with van der Waals surface area (Å²) in [7, 11) is 0. The zero-order chi connectivity index (χ0) is 19.6. The number of nitrogens with zero attached hydrogens (tertiary/aromatic N) is 2. The van der Waals surface area contributed by atoms with Crippen molar-refractivity contribution in [2.24, 2.45) is 0 Å². The van der Waals surface area contributed by atoms with Crippen molar-refractivity contribution < 1.29 is 14.4 Å². The van der Waals surface area contributed by atoms with E-state index in [1.807, 2.05) is 44.2 Å². The van der Waals surface area contributed by atoms with Gasteiger partial charge >= 0.3 is 0 Å². The van der Waals surface area contributed by atoms with Crippen molar-refractivity contribution in [1.29, 1.82) is 0 Å². The van der Waals surface area contributed by atoms with Crippen LogP contribution in [-0.4, -0.2) is 40.6 Å². The normalized spacial score (nSPS) is 12.9. The first-order valence-corrected chi connectivity index (χ1v) is 8.90. The Morgan fingerprint density at radius 2 is 1.70 bits per heavy atom. The molecule has 27 heavy (non-hydrogen) atoms. The quantitative estimate of drug-likeness (QED) is 0.584. The average Bonchev–Trinajstić information content (AvgIpc) is 2.90. The summed E-state index contributed by atoms with van der Waals surface area (Å²) in [6, 6.07) is 14.1. The van der Waals surface area contributed by atoms with Crippen LogP contribution >= 0.6 is 0 Å². The number of hydrogen-bond donors (Lipinski definition) is 0. The van der Waals surface area contributed by atoms with Crippen molar-refractivity contribution >= 4 is 17.7 Å². The van der Waals surface area contributed by atoms with Gasteiger partial charge in [-0.05, 0) is 37.6 Å². The van der Waals surface area contributed by atoms with Crippen molar-refractivity contribution in [2.45, 2.75) is 20.4 Å². The molecule has 1 heterocycles. The minimum atomic E-state index is -0.364. The minimum absolute atomic E-state index is 0.176. The van der Waals surface area contributed by atoms with Crippen LogP contribution in [0.3, 0.4) is 0 Å². The van der Waals surface area contributed by atoms with E-state index in [1.54, 1.807) is 17.0 Å². The fourth-order valence-electron chi connectivity index (χ4n) is 3.17. The lowest BCUT2D eigenvalue weighted by atomic mass is 10.0. The summed E-state index contributed by atoms with van der Waals surface area (Å²) in [6.45, 7) is 8.82.